The second-order valence-corrected chi connectivity index (χ2v) is 3.58. The van der Waals surface area contributed by atoms with E-state index in [0.29, 0.717) is 30.9 Å². The molecule has 4 heteroatoms. The van der Waals surface area contributed by atoms with Crippen LogP contribution in [-0.2, 0) is 16.1 Å². The average molecular weight is 237 g/mol. The second-order valence-electron chi connectivity index (χ2n) is 3.58. The van der Waals surface area contributed by atoms with Crippen LogP contribution in [0.5, 0.6) is 0 Å². The molecule has 0 radical (unpaired) electrons. The Morgan fingerprint density at radius 2 is 2.00 bits per heavy atom. The second kappa shape index (κ2) is 7.77. The topological polar surface area (TPSA) is 42.2 Å². The van der Waals surface area contributed by atoms with Crippen LogP contribution in [-0.4, -0.2) is 19.8 Å². The van der Waals surface area contributed by atoms with Gasteiger partial charge in [-0.1, -0.05) is 13.0 Å². The van der Waals surface area contributed by atoms with Gasteiger partial charge >= 0.3 is 0 Å². The van der Waals surface area contributed by atoms with E-state index in [1.165, 1.54) is 6.07 Å². The van der Waals surface area contributed by atoms with E-state index in [2.05, 4.69) is 0 Å². The number of hydrogen-bond acceptors (Lipinski definition) is 3. The summed E-state index contributed by atoms with van der Waals surface area (Å²) in [5.41, 5.74) is 0.775. The smallest absolute Gasteiger partial charge is 0.130 e. The SMILES string of the molecule is CCCOCCOCc1ccc(C#N)cc1F. The monoisotopic (exact) mass is 237 g/mol. The van der Waals surface area contributed by atoms with Gasteiger partial charge in [-0.15, -0.1) is 0 Å². The summed E-state index contributed by atoms with van der Waals surface area (Å²) in [6.07, 6.45) is 0.976. The van der Waals surface area contributed by atoms with Crippen LogP contribution in [0.25, 0.3) is 0 Å². The summed E-state index contributed by atoms with van der Waals surface area (Å²) in [5.74, 6) is -0.404. The molecule has 3 nitrogen and oxygen atoms in total. The van der Waals surface area contributed by atoms with Crippen molar-refractivity contribution in [3.05, 3.63) is 35.1 Å². The van der Waals surface area contributed by atoms with Crippen molar-refractivity contribution in [3.8, 4) is 6.07 Å². The summed E-state index contributed by atoms with van der Waals surface area (Å²) in [4.78, 5) is 0. The number of rotatable bonds is 7. The van der Waals surface area contributed by atoms with Gasteiger partial charge in [0.25, 0.3) is 0 Å². The van der Waals surface area contributed by atoms with Gasteiger partial charge in [-0.2, -0.15) is 5.26 Å². The fourth-order valence-electron chi connectivity index (χ4n) is 1.28. The van der Waals surface area contributed by atoms with Gasteiger partial charge in [-0.3, -0.25) is 0 Å². The molecule has 0 aromatic heterocycles. The third-order valence-corrected chi connectivity index (χ3v) is 2.16. The summed E-state index contributed by atoms with van der Waals surface area (Å²) in [7, 11) is 0. The van der Waals surface area contributed by atoms with Gasteiger partial charge in [-0.25, -0.2) is 4.39 Å². The lowest BCUT2D eigenvalue weighted by Crippen LogP contribution is -2.05. The normalized spacial score (nSPS) is 10.2. The lowest BCUT2D eigenvalue weighted by atomic mass is 10.1. The Kier molecular flexibility index (Phi) is 6.23. The van der Waals surface area contributed by atoms with Crippen LogP contribution in [0.1, 0.15) is 24.5 Å². The van der Waals surface area contributed by atoms with E-state index in [-0.39, 0.29) is 6.61 Å². The molecule has 92 valence electrons. The Bertz CT molecular complexity index is 387. The van der Waals surface area contributed by atoms with E-state index < -0.39 is 5.82 Å². The molecule has 0 aliphatic heterocycles. The maximum atomic E-state index is 13.4. The first-order chi connectivity index (χ1) is 8.27. The van der Waals surface area contributed by atoms with Crippen LogP contribution < -0.4 is 0 Å². The zero-order chi connectivity index (χ0) is 12.5. The van der Waals surface area contributed by atoms with Crippen molar-refractivity contribution in [3.63, 3.8) is 0 Å². The fraction of sp³-hybridized carbons (Fsp3) is 0.462. The highest BCUT2D eigenvalue weighted by Crippen LogP contribution is 2.10. The molecule has 0 spiro atoms. The predicted octanol–water partition coefficient (Wildman–Crippen LogP) is 2.64. The van der Waals surface area contributed by atoms with Crippen molar-refractivity contribution in [2.45, 2.75) is 20.0 Å². The lowest BCUT2D eigenvalue weighted by molar-refractivity contribution is 0.0399. The molecule has 0 aliphatic rings. The number of hydrogen-bond donors (Lipinski definition) is 0. The Morgan fingerprint density at radius 3 is 2.65 bits per heavy atom. The lowest BCUT2D eigenvalue weighted by Gasteiger charge is -2.06. The van der Waals surface area contributed by atoms with E-state index >= 15 is 0 Å². The van der Waals surface area contributed by atoms with Gasteiger partial charge < -0.3 is 9.47 Å². The summed E-state index contributed by atoms with van der Waals surface area (Å²) < 4.78 is 23.9. The van der Waals surface area contributed by atoms with Crippen LogP contribution in [0, 0.1) is 17.1 Å². The van der Waals surface area contributed by atoms with E-state index in [9.17, 15) is 4.39 Å². The molecule has 0 aliphatic carbocycles. The number of ether oxygens (including phenoxy) is 2. The molecular formula is C13H16FNO2. The zero-order valence-electron chi connectivity index (χ0n) is 9.91. The predicted molar refractivity (Wildman–Crippen MR) is 61.9 cm³/mol. The van der Waals surface area contributed by atoms with Gasteiger partial charge in [0.15, 0.2) is 0 Å². The maximum Gasteiger partial charge on any atom is 0.130 e. The highest BCUT2D eigenvalue weighted by atomic mass is 19.1. The van der Waals surface area contributed by atoms with E-state index in [1.807, 2.05) is 13.0 Å². The quantitative estimate of drug-likeness (QED) is 0.685. The van der Waals surface area contributed by atoms with E-state index in [1.54, 1.807) is 12.1 Å². The number of halogens is 1. The summed E-state index contributed by atoms with van der Waals surface area (Å²) in [6.45, 7) is 3.92. The standard InChI is InChI=1S/C13H16FNO2/c1-2-5-16-6-7-17-10-12-4-3-11(9-15)8-13(12)14/h3-4,8H,2,5-7,10H2,1H3. The van der Waals surface area contributed by atoms with Gasteiger partial charge in [0.1, 0.15) is 5.82 Å². The number of nitriles is 1. The van der Waals surface area contributed by atoms with Crippen molar-refractivity contribution in [2.24, 2.45) is 0 Å². The van der Waals surface area contributed by atoms with Crippen molar-refractivity contribution in [2.75, 3.05) is 19.8 Å². The van der Waals surface area contributed by atoms with Crippen LogP contribution in [0.15, 0.2) is 18.2 Å². The van der Waals surface area contributed by atoms with Crippen LogP contribution in [0.4, 0.5) is 4.39 Å². The molecule has 0 saturated carbocycles. The summed E-state index contributed by atoms with van der Waals surface area (Å²) in [6, 6.07) is 6.25. The van der Waals surface area contributed by atoms with Crippen LogP contribution >= 0.6 is 0 Å². The first kappa shape index (κ1) is 13.6. The molecule has 0 bridgehead atoms. The molecule has 0 N–H and O–H groups in total. The third-order valence-electron chi connectivity index (χ3n) is 2.16. The Labute approximate surface area is 101 Å². The molecule has 17 heavy (non-hydrogen) atoms. The Balaban J connectivity index is 2.30. The largest absolute Gasteiger partial charge is 0.379 e. The highest BCUT2D eigenvalue weighted by Gasteiger charge is 2.03. The van der Waals surface area contributed by atoms with Gasteiger partial charge in [0.2, 0.25) is 0 Å². The molecule has 0 atom stereocenters. The van der Waals surface area contributed by atoms with Crippen molar-refractivity contribution in [1.82, 2.24) is 0 Å². The molecule has 0 saturated heterocycles. The van der Waals surface area contributed by atoms with Gasteiger partial charge in [-0.05, 0) is 18.6 Å². The van der Waals surface area contributed by atoms with Crippen molar-refractivity contribution >= 4 is 0 Å². The third kappa shape index (κ3) is 4.94. The average Bonchev–Trinajstić information content (AvgIpc) is 2.35. The summed E-state index contributed by atoms with van der Waals surface area (Å²) in [5, 5.41) is 8.59. The number of benzene rings is 1. The van der Waals surface area contributed by atoms with Gasteiger partial charge in [0, 0.05) is 12.2 Å². The first-order valence-corrected chi connectivity index (χ1v) is 5.62. The minimum Gasteiger partial charge on any atom is -0.379 e. The highest BCUT2D eigenvalue weighted by molar-refractivity contribution is 5.32. The molecule has 0 fully saturated rings. The molecule has 0 unspecified atom stereocenters. The summed E-state index contributed by atoms with van der Waals surface area (Å²) >= 11 is 0. The molecule has 1 aromatic rings. The molecule has 0 amide bonds. The molecule has 0 heterocycles. The minimum atomic E-state index is -0.404. The Hall–Kier alpha value is -1.44. The van der Waals surface area contributed by atoms with Crippen molar-refractivity contribution in [1.29, 1.82) is 5.26 Å². The van der Waals surface area contributed by atoms with Gasteiger partial charge in [0.05, 0.1) is 31.5 Å². The van der Waals surface area contributed by atoms with Crippen LogP contribution in [0.2, 0.25) is 0 Å². The minimum absolute atomic E-state index is 0.201. The first-order valence-electron chi connectivity index (χ1n) is 5.62. The van der Waals surface area contributed by atoms with Crippen molar-refractivity contribution < 1.29 is 13.9 Å². The van der Waals surface area contributed by atoms with Crippen LogP contribution in [0.3, 0.4) is 0 Å². The zero-order valence-corrected chi connectivity index (χ0v) is 9.91. The molecular weight excluding hydrogens is 221 g/mol. The molecule has 1 rings (SSSR count). The van der Waals surface area contributed by atoms with E-state index in [4.69, 9.17) is 14.7 Å². The number of nitrogens with zero attached hydrogens (tertiary/aromatic N) is 1. The van der Waals surface area contributed by atoms with E-state index in [0.717, 1.165) is 6.42 Å². The Morgan fingerprint density at radius 1 is 1.24 bits per heavy atom. The maximum absolute atomic E-state index is 13.4. The fourth-order valence-corrected chi connectivity index (χ4v) is 1.28. The molecule has 1 aromatic carbocycles.